The highest BCUT2D eigenvalue weighted by atomic mass is 16.6. The molecule has 0 aromatic rings. The first kappa shape index (κ1) is 27.9. The maximum Gasteiger partial charge on any atom is 0.343 e. The highest BCUT2D eigenvalue weighted by Gasteiger charge is 2.82. The van der Waals surface area contributed by atoms with Crippen molar-refractivity contribution in [3.05, 3.63) is 11.8 Å². The summed E-state index contributed by atoms with van der Waals surface area (Å²) in [6, 6.07) is 0. The van der Waals surface area contributed by atoms with Gasteiger partial charge in [-0.1, -0.05) is 20.8 Å². The van der Waals surface area contributed by atoms with Gasteiger partial charge >= 0.3 is 11.9 Å². The van der Waals surface area contributed by atoms with E-state index in [2.05, 4.69) is 0 Å². The third-order valence-electron chi connectivity index (χ3n) is 13.3. The van der Waals surface area contributed by atoms with Crippen LogP contribution in [0.15, 0.2) is 11.8 Å². The number of rotatable bonds is 1. The lowest BCUT2D eigenvalue weighted by molar-refractivity contribution is -0.262. The summed E-state index contributed by atoms with van der Waals surface area (Å²) < 4.78 is 17.3. The van der Waals surface area contributed by atoms with Crippen LogP contribution in [0.3, 0.4) is 0 Å². The van der Waals surface area contributed by atoms with Crippen LogP contribution in [-0.2, 0) is 28.6 Å². The van der Waals surface area contributed by atoms with E-state index in [0.29, 0.717) is 6.42 Å². The molecule has 11 nitrogen and oxygen atoms in total. The molecule has 2 saturated heterocycles. The van der Waals surface area contributed by atoms with Crippen molar-refractivity contribution in [3.8, 4) is 0 Å². The summed E-state index contributed by atoms with van der Waals surface area (Å²) >= 11 is 0. The van der Waals surface area contributed by atoms with E-state index in [0.717, 1.165) is 0 Å². The molecule has 7 rings (SSSR count). The second-order valence-electron chi connectivity index (χ2n) is 14.7. The molecular weight excluding hydrogens is 536 g/mol. The zero-order chi connectivity index (χ0) is 29.9. The van der Waals surface area contributed by atoms with Gasteiger partial charge in [-0.25, -0.2) is 4.79 Å². The minimum Gasteiger partial charge on any atom is -0.462 e. The molecule has 41 heavy (non-hydrogen) atoms. The Morgan fingerprint density at radius 1 is 0.976 bits per heavy atom. The molecule has 0 amide bonds. The molecule has 5 aliphatic carbocycles. The lowest BCUT2D eigenvalue weighted by Gasteiger charge is -2.64. The van der Waals surface area contributed by atoms with E-state index in [9.17, 15) is 39.9 Å². The van der Waals surface area contributed by atoms with Gasteiger partial charge in [0, 0.05) is 47.3 Å². The van der Waals surface area contributed by atoms with Crippen molar-refractivity contribution in [1.29, 1.82) is 0 Å². The maximum absolute atomic E-state index is 13.9. The second-order valence-corrected chi connectivity index (χ2v) is 14.7. The number of Topliss-reactive ketones (excluding diaryl/α,β-unsaturated/α-hetero) is 1. The van der Waals surface area contributed by atoms with E-state index in [1.165, 1.54) is 13.8 Å². The van der Waals surface area contributed by atoms with Gasteiger partial charge in [-0.05, 0) is 38.2 Å². The van der Waals surface area contributed by atoms with E-state index in [1.807, 2.05) is 6.92 Å². The minimum absolute atomic E-state index is 0.249. The van der Waals surface area contributed by atoms with Crippen LogP contribution in [0.2, 0.25) is 0 Å². The van der Waals surface area contributed by atoms with Crippen LogP contribution in [0.4, 0.5) is 0 Å². The second kappa shape index (κ2) is 7.98. The monoisotopic (exact) mass is 576 g/mol. The fraction of sp³-hybridized carbons (Fsp3) is 0.833. The smallest absolute Gasteiger partial charge is 0.343 e. The number of fused-ring (bicyclic) bond motifs is 10. The van der Waals surface area contributed by atoms with Gasteiger partial charge in [0.2, 0.25) is 0 Å². The van der Waals surface area contributed by atoms with Gasteiger partial charge in [0.15, 0.2) is 11.4 Å². The fourth-order valence-electron chi connectivity index (χ4n) is 11.2. The number of ether oxygens (including phenoxy) is 3. The quantitative estimate of drug-likeness (QED) is 0.204. The lowest BCUT2D eigenvalue weighted by Crippen LogP contribution is -2.73. The van der Waals surface area contributed by atoms with Crippen molar-refractivity contribution in [1.82, 2.24) is 0 Å². The highest BCUT2D eigenvalue weighted by Crippen LogP contribution is 2.75. The van der Waals surface area contributed by atoms with Gasteiger partial charge in [-0.3, -0.25) is 9.59 Å². The first-order chi connectivity index (χ1) is 19.0. The molecular formula is C30H40O11. The van der Waals surface area contributed by atoms with Crippen LogP contribution < -0.4 is 0 Å². The normalized spacial score (nSPS) is 61.8. The van der Waals surface area contributed by atoms with Crippen molar-refractivity contribution in [2.75, 3.05) is 0 Å². The third-order valence-corrected chi connectivity index (χ3v) is 13.3. The van der Waals surface area contributed by atoms with E-state index < -0.39 is 112 Å². The third kappa shape index (κ3) is 2.89. The number of carbonyl (C=O) groups excluding carboxylic acids is 3. The zero-order valence-electron chi connectivity index (χ0n) is 24.1. The molecule has 2 aliphatic heterocycles. The van der Waals surface area contributed by atoms with E-state index in [4.69, 9.17) is 14.2 Å². The topological polar surface area (TPSA) is 183 Å². The maximum atomic E-state index is 13.9. The number of aliphatic hydroxyl groups is 5. The number of ketones is 1. The molecule has 0 unspecified atom stereocenters. The molecule has 0 aromatic heterocycles. The van der Waals surface area contributed by atoms with Crippen LogP contribution in [0.5, 0.6) is 0 Å². The zero-order valence-corrected chi connectivity index (χ0v) is 24.1. The molecule has 4 saturated carbocycles. The molecule has 6 fully saturated rings. The van der Waals surface area contributed by atoms with Crippen molar-refractivity contribution < 1.29 is 54.1 Å². The van der Waals surface area contributed by atoms with Gasteiger partial charge in [0.05, 0.1) is 29.8 Å². The molecule has 0 radical (unpaired) electrons. The van der Waals surface area contributed by atoms with Crippen molar-refractivity contribution >= 4 is 17.7 Å². The summed E-state index contributed by atoms with van der Waals surface area (Å²) in [5, 5.41) is 59.0. The average Bonchev–Trinajstić information content (AvgIpc) is 3.58. The number of epoxide rings is 1. The largest absolute Gasteiger partial charge is 0.462 e. The van der Waals surface area contributed by atoms with Gasteiger partial charge in [0.25, 0.3) is 0 Å². The highest BCUT2D eigenvalue weighted by molar-refractivity contribution is 5.88. The minimum atomic E-state index is -2.01. The molecule has 0 spiro atoms. The van der Waals surface area contributed by atoms with Crippen LogP contribution in [0.25, 0.3) is 0 Å². The summed E-state index contributed by atoms with van der Waals surface area (Å²) in [7, 11) is 0. The van der Waals surface area contributed by atoms with Crippen LogP contribution in [-0.4, -0.2) is 91.6 Å². The summed E-state index contributed by atoms with van der Waals surface area (Å²) in [6.45, 7) is 9.66. The predicted octanol–water partition coefficient (Wildman–Crippen LogP) is -0.300. The first-order valence-electron chi connectivity index (χ1n) is 14.7. The summed E-state index contributed by atoms with van der Waals surface area (Å²) in [5.74, 6) is -7.01. The summed E-state index contributed by atoms with van der Waals surface area (Å²) in [6.07, 6.45) is -5.36. The van der Waals surface area contributed by atoms with Crippen LogP contribution in [0.1, 0.15) is 48.0 Å². The van der Waals surface area contributed by atoms with Gasteiger partial charge in [0.1, 0.15) is 24.1 Å². The van der Waals surface area contributed by atoms with E-state index >= 15 is 0 Å². The Bertz CT molecular complexity index is 1280. The SMILES string of the molecule is CC(=O)O[C@@H]1[C@H]2[C@H]3[C@H]([C@@H](O)[C@H](O)[C@]2(C)[C@@H]2[C@@H]1[C@]1(C)C(=C[C@H]2C)OC(=O)[C@@]1(C)O)[C@]1(C)[C@H](C[C@@H]2O[C@@H]2[C@@H]1O)C(=O)[C@@H]3O. The lowest BCUT2D eigenvalue weighted by atomic mass is 9.41. The Balaban J connectivity index is 1.46. The number of carbonyl (C=O) groups is 3. The van der Waals surface area contributed by atoms with Gasteiger partial charge in [-0.2, -0.15) is 0 Å². The Labute approximate surface area is 237 Å². The van der Waals surface area contributed by atoms with E-state index in [-0.39, 0.29) is 17.8 Å². The number of esters is 2. The summed E-state index contributed by atoms with van der Waals surface area (Å²) in [4.78, 5) is 39.6. The fourth-order valence-corrected chi connectivity index (χ4v) is 11.2. The number of allylic oxidation sites excluding steroid dienone is 1. The molecule has 7 aliphatic rings. The predicted molar refractivity (Wildman–Crippen MR) is 137 cm³/mol. The Hall–Kier alpha value is -1.89. The first-order valence-corrected chi connectivity index (χ1v) is 14.7. The number of aliphatic hydroxyl groups excluding tert-OH is 4. The average molecular weight is 577 g/mol. The van der Waals surface area contributed by atoms with Crippen molar-refractivity contribution in [2.24, 2.45) is 57.7 Å². The molecule has 2 heterocycles. The van der Waals surface area contributed by atoms with Gasteiger partial charge in [-0.15, -0.1) is 0 Å². The van der Waals surface area contributed by atoms with E-state index in [1.54, 1.807) is 26.8 Å². The molecule has 5 N–H and O–H groups in total. The van der Waals surface area contributed by atoms with Gasteiger partial charge < -0.3 is 39.7 Å². The number of hydrogen-bond acceptors (Lipinski definition) is 11. The summed E-state index contributed by atoms with van der Waals surface area (Å²) in [5.41, 5.74) is -5.85. The molecule has 0 bridgehead atoms. The van der Waals surface area contributed by atoms with Crippen LogP contribution in [0, 0.1) is 57.7 Å². The standard InChI is InChI=1S/C30H40O11/c1-9-7-13-29(5,30(6,38)26(37)41-13)18-15(9)28(4)17(23(18)39-10(2)31)14-16(21(34)24(28)35)27(3)11(19(32)20(14)33)8-12-22(40-12)25(27)36/h7,9,11-12,14-18,20-25,33-36,38H,8H2,1-6H3/t9-,11-,12+,14-,15+,16-,17-,18+,20-,21-,22+,23-,24+,25+,27+,28-,29+,30-/m1/s1. The molecule has 11 heteroatoms. The van der Waals surface area contributed by atoms with Crippen LogP contribution >= 0.6 is 0 Å². The Morgan fingerprint density at radius 2 is 1.63 bits per heavy atom. The Kier molecular flexibility index (Phi) is 5.43. The van der Waals surface area contributed by atoms with Crippen molar-refractivity contribution in [2.45, 2.75) is 96.3 Å². The molecule has 18 atom stereocenters. The molecule has 226 valence electrons. The van der Waals surface area contributed by atoms with Crippen molar-refractivity contribution in [3.63, 3.8) is 0 Å². The Morgan fingerprint density at radius 3 is 2.27 bits per heavy atom. The number of hydrogen-bond donors (Lipinski definition) is 5. The molecule has 0 aromatic carbocycles.